The highest BCUT2D eigenvalue weighted by atomic mass is 28.4. The summed E-state index contributed by atoms with van der Waals surface area (Å²) in [7, 11) is -2.15. The molecule has 5 amide bonds. The highest BCUT2D eigenvalue weighted by Crippen LogP contribution is 2.37. The Hall–Kier alpha value is -7.40. The first-order valence-electron chi connectivity index (χ1n) is 22.5. The molecule has 5 aromatic heterocycles. The second-order valence-electron chi connectivity index (χ2n) is 18.8. The molecule has 0 bridgehead atoms. The number of anilines is 3. The lowest BCUT2D eigenvalue weighted by molar-refractivity contribution is 0.0635. The third-order valence-corrected chi connectivity index (χ3v) is 16.0. The van der Waals surface area contributed by atoms with Crippen LogP contribution >= 0.6 is 0 Å². The molecule has 0 atom stereocenters. The molecule has 0 fully saturated rings. The van der Waals surface area contributed by atoms with Crippen molar-refractivity contribution in [2.24, 2.45) is 11.5 Å². The fraction of sp³-hybridized carbons (Fsp3) is 0.435. The molecule has 368 valence electrons. The summed E-state index contributed by atoms with van der Waals surface area (Å²) in [5.41, 5.74) is 13.7. The van der Waals surface area contributed by atoms with Crippen LogP contribution in [0.25, 0.3) is 22.2 Å². The van der Waals surface area contributed by atoms with Gasteiger partial charge in [-0.2, -0.15) is 10.2 Å². The van der Waals surface area contributed by atoms with Crippen molar-refractivity contribution in [1.29, 1.82) is 0 Å². The Labute approximate surface area is 400 Å². The van der Waals surface area contributed by atoms with Gasteiger partial charge in [0.1, 0.15) is 34.7 Å². The molecule has 0 aliphatic carbocycles. The molecular formula is C46H62N14O8Si. The first-order chi connectivity index (χ1) is 32.3. The molecular weight excluding hydrogens is 905 g/mol. The van der Waals surface area contributed by atoms with Crippen molar-refractivity contribution >= 4 is 77.8 Å². The molecule has 6 aromatic rings. The lowest BCUT2D eigenvalue weighted by Gasteiger charge is -2.36. The molecule has 0 radical (unpaired) electrons. The largest absolute Gasteiger partial charge is 0.489 e. The zero-order valence-electron chi connectivity index (χ0n) is 41.2. The number of pyridine rings is 1. The van der Waals surface area contributed by atoms with E-state index < -0.39 is 43.6 Å². The normalized spacial score (nSPS) is 12.2. The number of hydrogen-bond donors (Lipinski definition) is 5. The number of carbonyl (C=O) groups is 5. The number of primary amides is 2. The lowest BCUT2D eigenvalue weighted by atomic mass is 10.1. The monoisotopic (exact) mass is 966 g/mol. The van der Waals surface area contributed by atoms with E-state index in [0.717, 1.165) is 0 Å². The Morgan fingerprint density at radius 1 is 0.754 bits per heavy atom. The van der Waals surface area contributed by atoms with Gasteiger partial charge in [-0.1, -0.05) is 32.9 Å². The third kappa shape index (κ3) is 11.5. The number of aromatic nitrogens is 9. The number of amides is 5. The fourth-order valence-electron chi connectivity index (χ4n) is 7.09. The fourth-order valence-corrected chi connectivity index (χ4v) is 8.11. The molecule has 22 nitrogen and oxygen atoms in total. The molecule has 0 saturated heterocycles. The van der Waals surface area contributed by atoms with Crippen LogP contribution in [0.1, 0.15) is 108 Å². The third-order valence-electron chi connectivity index (χ3n) is 11.5. The summed E-state index contributed by atoms with van der Waals surface area (Å²) in [6.07, 6.45) is 4.15. The average molecular weight is 967 g/mol. The maximum Gasteiger partial charge on any atom is 0.412 e. The van der Waals surface area contributed by atoms with Crippen molar-refractivity contribution in [2.45, 2.75) is 119 Å². The van der Waals surface area contributed by atoms with Crippen LogP contribution in [0.15, 0.2) is 42.6 Å². The minimum Gasteiger partial charge on any atom is -0.489 e. The molecule has 0 saturated carbocycles. The van der Waals surface area contributed by atoms with Crippen LogP contribution in [0.2, 0.25) is 18.1 Å². The molecule has 0 aliphatic heterocycles. The van der Waals surface area contributed by atoms with Crippen molar-refractivity contribution < 1.29 is 37.9 Å². The van der Waals surface area contributed by atoms with E-state index in [2.05, 4.69) is 70.0 Å². The maximum absolute atomic E-state index is 14.5. The number of nitrogens with zero attached hydrogens (tertiary/aromatic N) is 9. The highest BCUT2D eigenvalue weighted by Gasteiger charge is 2.37. The van der Waals surface area contributed by atoms with E-state index in [1.165, 1.54) is 29.1 Å². The van der Waals surface area contributed by atoms with E-state index in [9.17, 15) is 24.0 Å². The predicted molar refractivity (Wildman–Crippen MR) is 263 cm³/mol. The molecule has 69 heavy (non-hydrogen) atoms. The van der Waals surface area contributed by atoms with Crippen molar-refractivity contribution in [3.63, 3.8) is 0 Å². The predicted octanol–water partition coefficient (Wildman–Crippen LogP) is 6.54. The van der Waals surface area contributed by atoms with Gasteiger partial charge in [0, 0.05) is 37.9 Å². The number of fused-ring (bicyclic) bond motifs is 2. The van der Waals surface area contributed by atoms with Crippen molar-refractivity contribution in [3.8, 4) is 5.75 Å². The number of carbonyl (C=O) groups excluding carboxylic acids is 5. The molecule has 23 heteroatoms. The second-order valence-corrected chi connectivity index (χ2v) is 23.6. The van der Waals surface area contributed by atoms with Crippen molar-refractivity contribution in [3.05, 3.63) is 76.5 Å². The number of nitrogens with two attached hydrogens (primary N) is 2. The van der Waals surface area contributed by atoms with Gasteiger partial charge in [0.15, 0.2) is 19.7 Å². The number of benzene rings is 1. The number of rotatable bonds is 18. The van der Waals surface area contributed by atoms with Gasteiger partial charge in [-0.25, -0.2) is 19.7 Å². The van der Waals surface area contributed by atoms with Crippen LogP contribution < -0.4 is 32.2 Å². The van der Waals surface area contributed by atoms with E-state index in [1.54, 1.807) is 73.6 Å². The summed E-state index contributed by atoms with van der Waals surface area (Å²) in [5.74, 6) is -2.08. The summed E-state index contributed by atoms with van der Waals surface area (Å²) in [4.78, 5) is 79.8. The standard InChI is InChI=1S/C46H62N14O8Si/c1-13-59-32(21-26(3)55-59)40(63)53-43-51-31-23-29(38(48)62)25-49-39(31)58(43)18-16-15-17-57-35-30(22-28(37(47)61)24-33(35)66-19-20-67-69(11,12)46(8,9)10)50-42(57)54-41(64)36-34(27(4)56-60(36)14-2)52-44(65)68-45(5,6)7/h15-16,21-25H,13-14,17-20H2,1-12H3,(H2,47,61)(H2,48,62)(H,52,65)(H,50,54,64)(H,51,53,63)/b16-15+. The number of hydrogen-bond acceptors (Lipinski definition) is 13. The van der Waals surface area contributed by atoms with Crippen LogP contribution in [-0.2, 0) is 35.3 Å². The second kappa shape index (κ2) is 20.1. The smallest absolute Gasteiger partial charge is 0.412 e. The number of aryl methyl sites for hydroxylation is 4. The number of ether oxygens (including phenoxy) is 2. The SMILES string of the molecule is CCn1nc(C)cc1C(=O)Nc1nc2cc(C(N)=O)cnc2n1C/C=C/Cn1c(NC(=O)c2c(NC(=O)OC(C)(C)C)c(C)nn2CC)nc2cc(C(N)=O)cc(OCCO[Si](C)(C)C(C)(C)C)c21. The molecule has 7 N–H and O–H groups in total. The van der Waals surface area contributed by atoms with Gasteiger partial charge in [0.2, 0.25) is 23.7 Å². The van der Waals surface area contributed by atoms with Gasteiger partial charge in [0.25, 0.3) is 11.8 Å². The summed E-state index contributed by atoms with van der Waals surface area (Å²) in [5, 5.41) is 17.3. The average Bonchev–Trinajstić information content (AvgIpc) is 4.00. The van der Waals surface area contributed by atoms with E-state index in [4.69, 9.17) is 30.4 Å². The van der Waals surface area contributed by atoms with Crippen molar-refractivity contribution in [1.82, 2.24) is 43.6 Å². The van der Waals surface area contributed by atoms with Crippen LogP contribution in [0.4, 0.5) is 22.4 Å². The summed E-state index contributed by atoms with van der Waals surface area (Å²) in [6.45, 7) is 24.3. The van der Waals surface area contributed by atoms with Gasteiger partial charge >= 0.3 is 6.09 Å². The molecule has 5 heterocycles. The van der Waals surface area contributed by atoms with Gasteiger partial charge in [-0.15, -0.1) is 0 Å². The lowest BCUT2D eigenvalue weighted by Crippen LogP contribution is -2.41. The van der Waals surface area contributed by atoms with E-state index in [-0.39, 0.29) is 83.6 Å². The number of nitrogens with one attached hydrogen (secondary N) is 3. The number of allylic oxidation sites excluding steroid dienone is 2. The minimum absolute atomic E-state index is 0.0396. The Balaban J connectivity index is 1.41. The molecule has 6 rings (SSSR count). The van der Waals surface area contributed by atoms with E-state index in [1.807, 2.05) is 6.92 Å². The van der Waals surface area contributed by atoms with Gasteiger partial charge in [-0.05, 0) is 90.9 Å². The molecule has 0 spiro atoms. The van der Waals surface area contributed by atoms with Crippen LogP contribution in [-0.4, -0.2) is 101 Å². The summed E-state index contributed by atoms with van der Waals surface area (Å²) >= 11 is 0. The first kappa shape index (κ1) is 51.0. The highest BCUT2D eigenvalue weighted by molar-refractivity contribution is 6.74. The van der Waals surface area contributed by atoms with Crippen LogP contribution in [0.5, 0.6) is 5.75 Å². The Morgan fingerprint density at radius 2 is 1.36 bits per heavy atom. The molecule has 1 aromatic carbocycles. The zero-order chi connectivity index (χ0) is 50.7. The van der Waals surface area contributed by atoms with Gasteiger partial charge < -0.3 is 29.9 Å². The summed E-state index contributed by atoms with van der Waals surface area (Å²) < 4.78 is 24.6. The van der Waals surface area contributed by atoms with E-state index in [0.29, 0.717) is 40.3 Å². The van der Waals surface area contributed by atoms with Crippen LogP contribution in [0, 0.1) is 13.8 Å². The molecule has 0 aliphatic rings. The topological polar surface area (TPSA) is 285 Å². The van der Waals surface area contributed by atoms with Gasteiger partial charge in [0.05, 0.1) is 34.8 Å². The summed E-state index contributed by atoms with van der Waals surface area (Å²) in [6, 6.07) is 6.19. The minimum atomic E-state index is -2.15. The van der Waals surface area contributed by atoms with E-state index >= 15 is 0 Å². The Bertz CT molecular complexity index is 2980. The van der Waals surface area contributed by atoms with Crippen molar-refractivity contribution in [2.75, 3.05) is 29.2 Å². The maximum atomic E-state index is 14.5. The quantitative estimate of drug-likeness (QED) is 0.0348. The number of imidazole rings is 2. The zero-order valence-corrected chi connectivity index (χ0v) is 42.2. The molecule has 0 unspecified atom stereocenters. The van der Waals surface area contributed by atoms with Gasteiger partial charge in [-0.3, -0.25) is 49.1 Å². The van der Waals surface area contributed by atoms with Crippen LogP contribution in [0.3, 0.4) is 0 Å². The first-order valence-corrected chi connectivity index (χ1v) is 25.4. The Kier molecular flexibility index (Phi) is 14.8. The Morgan fingerprint density at radius 3 is 1.99 bits per heavy atom.